The summed E-state index contributed by atoms with van der Waals surface area (Å²) in [6.45, 7) is 10.9. The highest BCUT2D eigenvalue weighted by molar-refractivity contribution is 6.31. The number of halogens is 1. The standard InChI is InChI=1S/C27H30ClN3O4/c1-5-8-11-31-26(17-9-10-21(35-12-6-2)22(14-17)34-7-3)23-24(29-30-25(23)27(31)33)18-15-19(28)16(4)13-20(18)32/h6,9-10,13-15,26,32H,2,5,7-8,11-12H2,1,3-4H3,(H,29,30). The zero-order chi connectivity index (χ0) is 25.1. The Hall–Kier alpha value is -3.45. The fourth-order valence-electron chi connectivity index (χ4n) is 4.39. The van der Waals surface area contributed by atoms with Crippen LogP contribution in [0.25, 0.3) is 11.3 Å². The second-order valence-electron chi connectivity index (χ2n) is 8.47. The van der Waals surface area contributed by atoms with E-state index in [1.165, 1.54) is 0 Å². The predicted molar refractivity (Wildman–Crippen MR) is 137 cm³/mol. The van der Waals surface area contributed by atoms with Gasteiger partial charge in [0, 0.05) is 22.7 Å². The number of aryl methyl sites for hydroxylation is 1. The van der Waals surface area contributed by atoms with Gasteiger partial charge >= 0.3 is 0 Å². The second kappa shape index (κ2) is 10.4. The monoisotopic (exact) mass is 495 g/mol. The summed E-state index contributed by atoms with van der Waals surface area (Å²) >= 11 is 6.38. The van der Waals surface area contributed by atoms with Crippen LogP contribution in [0.1, 0.15) is 59.9 Å². The molecule has 1 aliphatic rings. The van der Waals surface area contributed by atoms with E-state index in [2.05, 4.69) is 23.7 Å². The Morgan fingerprint density at radius 2 is 2.03 bits per heavy atom. The van der Waals surface area contributed by atoms with E-state index in [0.29, 0.717) is 58.8 Å². The summed E-state index contributed by atoms with van der Waals surface area (Å²) in [5.74, 6) is 1.13. The number of amides is 1. The summed E-state index contributed by atoms with van der Waals surface area (Å²) in [5, 5.41) is 18.6. The van der Waals surface area contributed by atoms with Gasteiger partial charge < -0.3 is 19.5 Å². The Bertz CT molecular complexity index is 1250. The third kappa shape index (κ3) is 4.60. The van der Waals surface area contributed by atoms with Crippen molar-refractivity contribution in [2.45, 2.75) is 39.7 Å². The third-order valence-electron chi connectivity index (χ3n) is 6.09. The van der Waals surface area contributed by atoms with E-state index in [0.717, 1.165) is 24.0 Å². The smallest absolute Gasteiger partial charge is 0.273 e. The normalized spacial score (nSPS) is 14.8. The van der Waals surface area contributed by atoms with Crippen LogP contribution < -0.4 is 9.47 Å². The molecule has 2 N–H and O–H groups in total. The van der Waals surface area contributed by atoms with Crippen LogP contribution in [0, 0.1) is 6.92 Å². The van der Waals surface area contributed by atoms with Crippen LogP contribution in [0.3, 0.4) is 0 Å². The van der Waals surface area contributed by atoms with Crippen molar-refractivity contribution in [1.82, 2.24) is 15.1 Å². The molecule has 0 spiro atoms. The molecule has 0 bridgehead atoms. The number of nitrogens with one attached hydrogen (secondary N) is 1. The number of nitrogens with zero attached hydrogens (tertiary/aromatic N) is 2. The first-order valence-electron chi connectivity index (χ1n) is 11.8. The molecule has 2 aromatic carbocycles. The van der Waals surface area contributed by atoms with Crippen molar-refractivity contribution in [3.05, 3.63) is 70.4 Å². The average molecular weight is 496 g/mol. The summed E-state index contributed by atoms with van der Waals surface area (Å²) < 4.78 is 11.6. The van der Waals surface area contributed by atoms with E-state index in [1.807, 2.05) is 36.9 Å². The number of hydrogen-bond donors (Lipinski definition) is 2. The minimum atomic E-state index is -0.412. The topological polar surface area (TPSA) is 87.7 Å². The van der Waals surface area contributed by atoms with Gasteiger partial charge in [-0.05, 0) is 55.7 Å². The van der Waals surface area contributed by atoms with E-state index < -0.39 is 6.04 Å². The molecule has 3 aromatic rings. The zero-order valence-corrected chi connectivity index (χ0v) is 21.0. The molecule has 184 valence electrons. The third-order valence-corrected chi connectivity index (χ3v) is 6.50. The van der Waals surface area contributed by atoms with Gasteiger partial charge in [-0.25, -0.2) is 0 Å². The number of aromatic amines is 1. The molecule has 1 atom stereocenters. The fraction of sp³-hybridized carbons (Fsp3) is 0.333. The Labute approximate surface area is 210 Å². The van der Waals surface area contributed by atoms with Gasteiger partial charge in [-0.1, -0.05) is 43.7 Å². The number of aromatic nitrogens is 2. The number of hydrogen-bond acceptors (Lipinski definition) is 5. The molecule has 8 heteroatoms. The lowest BCUT2D eigenvalue weighted by Gasteiger charge is -2.27. The van der Waals surface area contributed by atoms with Gasteiger partial charge in [0.2, 0.25) is 0 Å². The quantitative estimate of drug-likeness (QED) is 0.334. The Balaban J connectivity index is 1.87. The van der Waals surface area contributed by atoms with Crippen molar-refractivity contribution >= 4 is 17.5 Å². The van der Waals surface area contributed by atoms with Gasteiger partial charge in [0.25, 0.3) is 5.91 Å². The Morgan fingerprint density at radius 3 is 2.74 bits per heavy atom. The SMILES string of the molecule is C=CCOc1ccc(C2c3c(-c4cc(Cl)c(C)cc4O)n[nH]c3C(=O)N2CCCC)cc1OCC. The first-order valence-corrected chi connectivity index (χ1v) is 12.2. The highest BCUT2D eigenvalue weighted by atomic mass is 35.5. The summed E-state index contributed by atoms with van der Waals surface area (Å²) in [4.78, 5) is 15.3. The van der Waals surface area contributed by atoms with Crippen molar-refractivity contribution in [1.29, 1.82) is 0 Å². The van der Waals surface area contributed by atoms with Gasteiger partial charge in [0.1, 0.15) is 23.7 Å². The van der Waals surface area contributed by atoms with Crippen LogP contribution >= 0.6 is 11.6 Å². The number of unbranched alkanes of at least 4 members (excludes halogenated alkanes) is 1. The molecule has 0 radical (unpaired) electrons. The minimum absolute atomic E-state index is 0.0579. The lowest BCUT2D eigenvalue weighted by Crippen LogP contribution is -2.30. The molecule has 1 amide bonds. The number of phenolic OH excluding ortho intramolecular Hbond substituents is 1. The van der Waals surface area contributed by atoms with Gasteiger partial charge in [-0.15, -0.1) is 0 Å². The number of carbonyl (C=O) groups excluding carboxylic acids is 1. The molecule has 35 heavy (non-hydrogen) atoms. The van der Waals surface area contributed by atoms with Gasteiger partial charge in [0.05, 0.1) is 12.6 Å². The molecule has 1 aliphatic heterocycles. The molecular weight excluding hydrogens is 466 g/mol. The van der Waals surface area contributed by atoms with Crippen molar-refractivity contribution < 1.29 is 19.4 Å². The summed E-state index contributed by atoms with van der Waals surface area (Å²) in [6, 6.07) is 8.59. The average Bonchev–Trinajstić information content (AvgIpc) is 3.38. The number of aromatic hydroxyl groups is 1. The molecule has 4 rings (SSSR count). The largest absolute Gasteiger partial charge is 0.507 e. The van der Waals surface area contributed by atoms with E-state index in [-0.39, 0.29) is 11.7 Å². The van der Waals surface area contributed by atoms with E-state index >= 15 is 0 Å². The number of H-pyrrole nitrogens is 1. The molecule has 1 aromatic heterocycles. The van der Waals surface area contributed by atoms with Gasteiger partial charge in [-0.3, -0.25) is 9.89 Å². The molecule has 0 aliphatic carbocycles. The number of fused-ring (bicyclic) bond motifs is 1. The first-order chi connectivity index (χ1) is 16.9. The number of benzene rings is 2. The lowest BCUT2D eigenvalue weighted by atomic mass is 9.95. The van der Waals surface area contributed by atoms with Crippen molar-refractivity contribution in [2.24, 2.45) is 0 Å². The van der Waals surface area contributed by atoms with Crippen LogP contribution in [0.5, 0.6) is 17.2 Å². The molecule has 0 saturated carbocycles. The highest BCUT2D eigenvalue weighted by Crippen LogP contribution is 2.46. The van der Waals surface area contributed by atoms with Crippen LogP contribution in [-0.4, -0.2) is 45.9 Å². The molecule has 0 fully saturated rings. The Morgan fingerprint density at radius 1 is 1.23 bits per heavy atom. The first kappa shape index (κ1) is 24.7. The van der Waals surface area contributed by atoms with Crippen molar-refractivity contribution in [3.8, 4) is 28.5 Å². The van der Waals surface area contributed by atoms with Crippen LogP contribution in [-0.2, 0) is 0 Å². The summed E-state index contributed by atoms with van der Waals surface area (Å²) in [5.41, 5.74) is 3.73. The number of rotatable bonds is 10. The number of carbonyl (C=O) groups is 1. The maximum atomic E-state index is 13.5. The molecule has 2 heterocycles. The van der Waals surface area contributed by atoms with Crippen LogP contribution in [0.4, 0.5) is 0 Å². The fourth-order valence-corrected chi connectivity index (χ4v) is 4.56. The molecule has 0 saturated heterocycles. The van der Waals surface area contributed by atoms with Crippen LogP contribution in [0.15, 0.2) is 43.0 Å². The Kier molecular flexibility index (Phi) is 7.36. The van der Waals surface area contributed by atoms with E-state index in [1.54, 1.807) is 18.2 Å². The maximum Gasteiger partial charge on any atom is 0.273 e. The molecular formula is C27H30ClN3O4. The van der Waals surface area contributed by atoms with Crippen molar-refractivity contribution in [3.63, 3.8) is 0 Å². The zero-order valence-electron chi connectivity index (χ0n) is 20.2. The van der Waals surface area contributed by atoms with E-state index in [9.17, 15) is 9.90 Å². The number of phenols is 1. The van der Waals surface area contributed by atoms with E-state index in [4.69, 9.17) is 21.1 Å². The predicted octanol–water partition coefficient (Wildman–Crippen LogP) is 6.05. The van der Waals surface area contributed by atoms with Crippen molar-refractivity contribution in [2.75, 3.05) is 19.8 Å². The highest BCUT2D eigenvalue weighted by Gasteiger charge is 2.42. The van der Waals surface area contributed by atoms with Crippen LogP contribution in [0.2, 0.25) is 5.02 Å². The number of ether oxygens (including phenoxy) is 2. The summed E-state index contributed by atoms with van der Waals surface area (Å²) in [6.07, 6.45) is 3.48. The van der Waals surface area contributed by atoms with Gasteiger partial charge in [-0.2, -0.15) is 5.10 Å². The molecule has 7 nitrogen and oxygen atoms in total. The summed E-state index contributed by atoms with van der Waals surface area (Å²) in [7, 11) is 0. The minimum Gasteiger partial charge on any atom is -0.507 e. The second-order valence-corrected chi connectivity index (χ2v) is 8.88. The lowest BCUT2D eigenvalue weighted by molar-refractivity contribution is 0.0741. The molecule has 1 unspecified atom stereocenters. The maximum absolute atomic E-state index is 13.5. The van der Waals surface area contributed by atoms with Gasteiger partial charge in [0.15, 0.2) is 11.5 Å².